The first-order chi connectivity index (χ1) is 20.1. The number of hydrogen-bond acceptors (Lipinski definition) is 6. The van der Waals surface area contributed by atoms with Crippen molar-refractivity contribution in [2.24, 2.45) is 0 Å². The van der Waals surface area contributed by atoms with E-state index in [1.54, 1.807) is 0 Å². The van der Waals surface area contributed by atoms with Crippen LogP contribution in [0.25, 0.3) is 33.5 Å². The number of hydrogen-bond donors (Lipinski definition) is 3. The van der Waals surface area contributed by atoms with E-state index in [1.165, 1.54) is 0 Å². The molecular formula is C32H35N7O2. The zero-order valence-corrected chi connectivity index (χ0v) is 23.3. The molecule has 2 atom stereocenters. The van der Waals surface area contributed by atoms with Gasteiger partial charge < -0.3 is 15.0 Å². The summed E-state index contributed by atoms with van der Waals surface area (Å²) in [4.78, 5) is 18.1. The second-order valence-corrected chi connectivity index (χ2v) is 10.8. The summed E-state index contributed by atoms with van der Waals surface area (Å²) in [6.45, 7) is 2.83. The van der Waals surface area contributed by atoms with E-state index in [0.29, 0.717) is 17.9 Å². The fraction of sp³-hybridized carbons (Fsp3) is 0.344. The van der Waals surface area contributed by atoms with Gasteiger partial charge in [0.05, 0.1) is 23.2 Å². The predicted octanol–water partition coefficient (Wildman–Crippen LogP) is 5.31. The number of unbranched alkanes of at least 4 members (excludes halogenated alkanes) is 1. The fourth-order valence-electron chi connectivity index (χ4n) is 5.73. The molecule has 2 unspecified atom stereocenters. The van der Waals surface area contributed by atoms with Gasteiger partial charge in [0.1, 0.15) is 5.82 Å². The lowest BCUT2D eigenvalue weighted by molar-refractivity contribution is 0.0717. The molecule has 1 aliphatic carbocycles. The summed E-state index contributed by atoms with van der Waals surface area (Å²) < 4.78 is 2.24. The minimum absolute atomic E-state index is 0.148. The highest BCUT2D eigenvalue weighted by Gasteiger charge is 2.25. The highest BCUT2D eigenvalue weighted by atomic mass is 16.3. The Labute approximate surface area is 239 Å². The van der Waals surface area contributed by atoms with Crippen molar-refractivity contribution in [3.8, 4) is 22.5 Å². The number of aromatic amines is 1. The first kappa shape index (κ1) is 26.8. The van der Waals surface area contributed by atoms with E-state index >= 15 is 0 Å². The van der Waals surface area contributed by atoms with Crippen LogP contribution in [0, 0.1) is 0 Å². The first-order valence-electron chi connectivity index (χ1n) is 14.5. The van der Waals surface area contributed by atoms with Gasteiger partial charge in [-0.2, -0.15) is 5.21 Å². The molecule has 0 saturated heterocycles. The molecule has 2 heterocycles. The molecule has 0 radical (unpaired) electrons. The van der Waals surface area contributed by atoms with Gasteiger partial charge in [-0.1, -0.05) is 74.7 Å². The van der Waals surface area contributed by atoms with Crippen molar-refractivity contribution in [1.82, 2.24) is 35.5 Å². The highest BCUT2D eigenvalue weighted by molar-refractivity contribution is 5.97. The summed E-state index contributed by atoms with van der Waals surface area (Å²) >= 11 is 0. The van der Waals surface area contributed by atoms with Crippen LogP contribution in [0.1, 0.15) is 67.2 Å². The number of nitrogens with zero attached hydrogens (tertiary/aromatic N) is 5. The summed E-state index contributed by atoms with van der Waals surface area (Å²) in [7, 11) is 0. The Morgan fingerprint density at radius 1 is 1.05 bits per heavy atom. The minimum Gasteiger partial charge on any atom is -0.391 e. The largest absolute Gasteiger partial charge is 0.391 e. The fourth-order valence-corrected chi connectivity index (χ4v) is 5.73. The van der Waals surface area contributed by atoms with Crippen LogP contribution in [0.3, 0.4) is 0 Å². The van der Waals surface area contributed by atoms with Gasteiger partial charge in [-0.3, -0.25) is 4.79 Å². The number of amides is 1. The van der Waals surface area contributed by atoms with E-state index in [2.05, 4.69) is 67.8 Å². The molecule has 210 valence electrons. The number of carbonyl (C=O) groups is 1. The monoisotopic (exact) mass is 549 g/mol. The Morgan fingerprint density at radius 3 is 2.61 bits per heavy atom. The number of aromatic nitrogens is 6. The Morgan fingerprint density at radius 2 is 1.85 bits per heavy atom. The van der Waals surface area contributed by atoms with Gasteiger partial charge in [-0.25, -0.2) is 4.98 Å². The molecule has 0 aliphatic heterocycles. The van der Waals surface area contributed by atoms with Crippen LogP contribution < -0.4 is 5.32 Å². The highest BCUT2D eigenvalue weighted by Crippen LogP contribution is 2.30. The maximum absolute atomic E-state index is 13.2. The van der Waals surface area contributed by atoms with Crippen LogP contribution >= 0.6 is 0 Å². The number of benzene rings is 3. The second kappa shape index (κ2) is 12.0. The zero-order valence-electron chi connectivity index (χ0n) is 23.3. The lowest BCUT2D eigenvalue weighted by Gasteiger charge is -2.28. The molecule has 1 amide bonds. The molecule has 41 heavy (non-hydrogen) atoms. The Bertz CT molecular complexity index is 1630. The predicted molar refractivity (Wildman–Crippen MR) is 158 cm³/mol. The third kappa shape index (κ3) is 5.76. The topological polar surface area (TPSA) is 122 Å². The molecule has 9 nitrogen and oxygen atoms in total. The van der Waals surface area contributed by atoms with E-state index in [0.717, 1.165) is 84.1 Å². The van der Waals surface area contributed by atoms with Crippen molar-refractivity contribution in [1.29, 1.82) is 0 Å². The molecule has 5 aromatic rings. The average Bonchev–Trinajstić information content (AvgIpc) is 3.66. The van der Waals surface area contributed by atoms with E-state index in [-0.39, 0.29) is 11.9 Å². The minimum atomic E-state index is -0.482. The van der Waals surface area contributed by atoms with Gasteiger partial charge in [0.15, 0.2) is 0 Å². The molecule has 3 N–H and O–H groups in total. The van der Waals surface area contributed by atoms with Crippen molar-refractivity contribution in [2.45, 2.75) is 70.6 Å². The number of aliphatic hydroxyl groups is 1. The average molecular weight is 550 g/mol. The van der Waals surface area contributed by atoms with Crippen molar-refractivity contribution < 1.29 is 9.90 Å². The molecule has 1 fully saturated rings. The summed E-state index contributed by atoms with van der Waals surface area (Å²) in [5, 5.41) is 28.0. The Hall–Kier alpha value is -4.37. The summed E-state index contributed by atoms with van der Waals surface area (Å²) in [6, 6.07) is 22.1. The molecule has 9 heteroatoms. The van der Waals surface area contributed by atoms with Crippen LogP contribution in [-0.2, 0) is 13.0 Å². The van der Waals surface area contributed by atoms with Crippen LogP contribution in [0.2, 0.25) is 0 Å². The van der Waals surface area contributed by atoms with Crippen LogP contribution in [0.4, 0.5) is 0 Å². The van der Waals surface area contributed by atoms with Gasteiger partial charge >= 0.3 is 0 Å². The number of tetrazole rings is 1. The van der Waals surface area contributed by atoms with Crippen molar-refractivity contribution in [3.05, 3.63) is 83.7 Å². The van der Waals surface area contributed by atoms with Crippen molar-refractivity contribution in [3.63, 3.8) is 0 Å². The van der Waals surface area contributed by atoms with Gasteiger partial charge in [-0.05, 0) is 59.4 Å². The van der Waals surface area contributed by atoms with Gasteiger partial charge in [0, 0.05) is 24.1 Å². The molecule has 6 rings (SSSR count). The van der Waals surface area contributed by atoms with Gasteiger partial charge in [0.25, 0.3) is 5.91 Å². The molecule has 1 aliphatic rings. The number of aliphatic hydroxyl groups excluding tert-OH is 1. The normalized spacial score (nSPS) is 17.1. The Balaban J connectivity index is 1.29. The van der Waals surface area contributed by atoms with Gasteiger partial charge in [-0.15, -0.1) is 10.2 Å². The maximum Gasteiger partial charge on any atom is 0.251 e. The SMILES string of the molecule is CCCCc1nc2ccc(C(=O)NC3CCCCC3O)cc2n1Cc1ccc(-c2ccccc2-c2nn[nH]n2)cc1. The van der Waals surface area contributed by atoms with E-state index in [4.69, 9.17) is 4.98 Å². The Kier molecular flexibility index (Phi) is 7.86. The van der Waals surface area contributed by atoms with E-state index in [1.807, 2.05) is 36.4 Å². The van der Waals surface area contributed by atoms with E-state index < -0.39 is 6.10 Å². The number of fused-ring (bicyclic) bond motifs is 1. The number of imidazole rings is 1. The standard InChI is InChI=1S/C32H35N7O2/c1-2-3-12-30-33-26-18-17-23(32(41)34-27-10-6-7-11-29(27)40)19-28(26)39(30)20-21-13-15-22(16-14-21)24-8-4-5-9-25(24)31-35-37-38-36-31/h4-5,8-9,13-19,27,29,40H,2-3,6-7,10-12,20H2,1H3,(H,34,41)(H,35,36,37,38). The number of nitrogens with one attached hydrogen (secondary N) is 2. The number of H-pyrrole nitrogens is 1. The number of carbonyl (C=O) groups excluding carboxylic acids is 1. The van der Waals surface area contributed by atoms with Gasteiger partial charge in [0.2, 0.25) is 5.82 Å². The van der Waals surface area contributed by atoms with Crippen LogP contribution in [-0.4, -0.2) is 53.3 Å². The molecule has 2 aromatic heterocycles. The third-order valence-electron chi connectivity index (χ3n) is 8.01. The molecule has 0 spiro atoms. The number of aryl methyl sites for hydroxylation is 1. The summed E-state index contributed by atoms with van der Waals surface area (Å²) in [5.74, 6) is 1.44. The van der Waals surface area contributed by atoms with E-state index in [9.17, 15) is 9.90 Å². The van der Waals surface area contributed by atoms with Crippen LogP contribution in [0.5, 0.6) is 0 Å². The quantitative estimate of drug-likeness (QED) is 0.229. The lowest BCUT2D eigenvalue weighted by atomic mass is 9.92. The smallest absolute Gasteiger partial charge is 0.251 e. The number of rotatable bonds is 9. The molecule has 0 bridgehead atoms. The summed E-state index contributed by atoms with van der Waals surface area (Å²) in [6.07, 6.45) is 6.09. The first-order valence-corrected chi connectivity index (χ1v) is 14.5. The second-order valence-electron chi connectivity index (χ2n) is 10.8. The lowest BCUT2D eigenvalue weighted by Crippen LogP contribution is -2.45. The van der Waals surface area contributed by atoms with Crippen LogP contribution in [0.15, 0.2) is 66.7 Å². The maximum atomic E-state index is 13.2. The van der Waals surface area contributed by atoms with Crippen molar-refractivity contribution >= 4 is 16.9 Å². The third-order valence-corrected chi connectivity index (χ3v) is 8.01. The summed E-state index contributed by atoms with van der Waals surface area (Å²) in [5.41, 5.74) is 6.59. The zero-order chi connectivity index (χ0) is 28.2. The molecular weight excluding hydrogens is 514 g/mol. The molecule has 3 aromatic carbocycles. The molecule has 1 saturated carbocycles. The van der Waals surface area contributed by atoms with Crippen molar-refractivity contribution in [2.75, 3.05) is 0 Å².